The Morgan fingerprint density at radius 3 is 2.60 bits per heavy atom. The van der Waals surface area contributed by atoms with Crippen LogP contribution in [0, 0.1) is 17.0 Å². The van der Waals surface area contributed by atoms with Crippen LogP contribution in [0.5, 0.6) is 0 Å². The quantitative estimate of drug-likeness (QED) is 0.224. The van der Waals surface area contributed by atoms with Crippen molar-refractivity contribution in [2.45, 2.75) is 13.8 Å². The Balaban J connectivity index is 1.87. The molecule has 0 aliphatic rings. The van der Waals surface area contributed by atoms with Crippen LogP contribution < -0.4 is 10.9 Å². The van der Waals surface area contributed by atoms with E-state index in [9.17, 15) is 24.5 Å². The molecule has 0 saturated heterocycles. The maximum absolute atomic E-state index is 13.4. The number of ether oxygens (including phenoxy) is 1. The number of nitrogens with zero attached hydrogens (tertiary/aromatic N) is 3. The number of halogens is 1. The first-order valence-electron chi connectivity index (χ1n) is 10.2. The lowest BCUT2D eigenvalue weighted by molar-refractivity contribution is -0.384. The van der Waals surface area contributed by atoms with Gasteiger partial charge in [0.25, 0.3) is 17.2 Å². The van der Waals surface area contributed by atoms with Gasteiger partial charge in [0.1, 0.15) is 5.00 Å². The summed E-state index contributed by atoms with van der Waals surface area (Å²) in [4.78, 5) is 49.5. The molecule has 0 aliphatic heterocycles. The normalized spacial score (nSPS) is 10.8. The average molecular weight is 513 g/mol. The highest BCUT2D eigenvalue weighted by atomic mass is 35.5. The van der Waals surface area contributed by atoms with Gasteiger partial charge >= 0.3 is 5.97 Å². The average Bonchev–Trinajstić information content (AvgIpc) is 3.24. The van der Waals surface area contributed by atoms with Crippen molar-refractivity contribution in [1.29, 1.82) is 0 Å². The number of hydrogen-bond donors (Lipinski definition) is 1. The molecule has 4 aromatic rings. The minimum Gasteiger partial charge on any atom is -0.461 e. The van der Waals surface area contributed by atoms with Crippen molar-refractivity contribution in [3.8, 4) is 5.69 Å². The molecule has 2 aromatic carbocycles. The zero-order chi connectivity index (χ0) is 25.3. The summed E-state index contributed by atoms with van der Waals surface area (Å²) in [6.45, 7) is 3.64. The number of aryl methyl sites for hydroxylation is 1. The summed E-state index contributed by atoms with van der Waals surface area (Å²) in [5, 5.41) is 19.8. The van der Waals surface area contributed by atoms with Gasteiger partial charge in [0.15, 0.2) is 5.69 Å². The van der Waals surface area contributed by atoms with Gasteiger partial charge < -0.3 is 10.1 Å². The number of fused-ring (bicyclic) bond motifs is 1. The van der Waals surface area contributed by atoms with Gasteiger partial charge in [0.2, 0.25) is 0 Å². The molecule has 0 unspecified atom stereocenters. The highest BCUT2D eigenvalue weighted by molar-refractivity contribution is 7.16. The molecule has 12 heteroatoms. The van der Waals surface area contributed by atoms with E-state index >= 15 is 0 Å². The first kappa shape index (κ1) is 24.0. The van der Waals surface area contributed by atoms with Crippen molar-refractivity contribution in [1.82, 2.24) is 9.78 Å². The van der Waals surface area contributed by atoms with Crippen LogP contribution in [-0.4, -0.2) is 33.2 Å². The molecule has 35 heavy (non-hydrogen) atoms. The Hall–Kier alpha value is -4.09. The summed E-state index contributed by atoms with van der Waals surface area (Å²) in [6.07, 6.45) is 0. The predicted molar refractivity (Wildman–Crippen MR) is 132 cm³/mol. The van der Waals surface area contributed by atoms with Crippen molar-refractivity contribution < 1.29 is 19.2 Å². The van der Waals surface area contributed by atoms with Gasteiger partial charge in [-0.25, -0.2) is 4.79 Å². The number of benzene rings is 2. The van der Waals surface area contributed by atoms with E-state index in [1.165, 1.54) is 17.5 Å². The second kappa shape index (κ2) is 9.65. The fourth-order valence-electron chi connectivity index (χ4n) is 3.32. The van der Waals surface area contributed by atoms with E-state index in [2.05, 4.69) is 10.4 Å². The van der Waals surface area contributed by atoms with Crippen LogP contribution >= 0.6 is 22.9 Å². The van der Waals surface area contributed by atoms with Crippen LogP contribution in [0.4, 0.5) is 10.7 Å². The first-order valence-corrected chi connectivity index (χ1v) is 11.5. The van der Waals surface area contributed by atoms with Gasteiger partial charge in [0, 0.05) is 22.9 Å². The van der Waals surface area contributed by atoms with Gasteiger partial charge in [-0.15, -0.1) is 11.3 Å². The van der Waals surface area contributed by atoms with Crippen molar-refractivity contribution >= 4 is 56.3 Å². The molecule has 2 aromatic heterocycles. The summed E-state index contributed by atoms with van der Waals surface area (Å²) in [5.41, 5.74) is 0.266. The van der Waals surface area contributed by atoms with E-state index in [4.69, 9.17) is 16.3 Å². The summed E-state index contributed by atoms with van der Waals surface area (Å²) in [5.74, 6) is -1.48. The van der Waals surface area contributed by atoms with E-state index in [0.717, 1.165) is 27.6 Å². The molecule has 0 aliphatic carbocycles. The van der Waals surface area contributed by atoms with Gasteiger partial charge in [-0.1, -0.05) is 29.3 Å². The molecule has 2 heterocycles. The fraction of sp³-hybridized carbons (Fsp3) is 0.130. The first-order chi connectivity index (χ1) is 16.7. The van der Waals surface area contributed by atoms with Crippen molar-refractivity contribution in [3.05, 3.63) is 90.2 Å². The number of nitrogens with one attached hydrogen (secondary N) is 1. The number of amides is 1. The Labute approximate surface area is 206 Å². The number of esters is 1. The molecule has 0 fully saturated rings. The number of non-ortho nitro benzene ring substituents is 1. The number of carbonyl (C=O) groups is 2. The van der Waals surface area contributed by atoms with Crippen LogP contribution in [0.25, 0.3) is 16.5 Å². The minimum atomic E-state index is -0.752. The van der Waals surface area contributed by atoms with Crippen LogP contribution in [0.2, 0.25) is 5.02 Å². The largest absolute Gasteiger partial charge is 0.461 e. The molecule has 1 N–H and O–H groups in total. The van der Waals surface area contributed by atoms with Crippen LogP contribution in [0.1, 0.15) is 33.3 Å². The third-order valence-corrected chi connectivity index (χ3v) is 6.26. The lowest BCUT2D eigenvalue weighted by Crippen LogP contribution is -2.25. The molecule has 4 rings (SSSR count). The van der Waals surface area contributed by atoms with Crippen LogP contribution in [-0.2, 0) is 4.74 Å². The Morgan fingerprint density at radius 1 is 1.23 bits per heavy atom. The van der Waals surface area contributed by atoms with E-state index in [1.54, 1.807) is 31.2 Å². The lowest BCUT2D eigenvalue weighted by Gasteiger charge is -2.10. The summed E-state index contributed by atoms with van der Waals surface area (Å²) < 4.78 is 6.18. The topological polar surface area (TPSA) is 133 Å². The van der Waals surface area contributed by atoms with E-state index in [0.29, 0.717) is 5.69 Å². The number of hydrogen-bond acceptors (Lipinski definition) is 8. The molecular weight excluding hydrogens is 496 g/mol. The second-order valence-corrected chi connectivity index (χ2v) is 8.64. The SMILES string of the molecule is CCOC(=O)c1nn(-c2ccc(C)cc2)c(=O)c2c(NC(=O)c3cc([N+](=O)[O-])ccc3Cl)scc12. The number of nitro benzene ring substituents is 1. The predicted octanol–water partition coefficient (Wildman–Crippen LogP) is 4.75. The number of nitro groups is 1. The van der Waals surface area contributed by atoms with Crippen LogP contribution in [0.15, 0.2) is 52.6 Å². The molecule has 0 bridgehead atoms. The monoisotopic (exact) mass is 512 g/mol. The third kappa shape index (κ3) is 4.63. The maximum Gasteiger partial charge on any atom is 0.359 e. The summed E-state index contributed by atoms with van der Waals surface area (Å²) in [6, 6.07) is 10.4. The zero-order valence-electron chi connectivity index (χ0n) is 18.4. The van der Waals surface area contributed by atoms with E-state index in [-0.39, 0.29) is 44.3 Å². The van der Waals surface area contributed by atoms with Crippen LogP contribution in [0.3, 0.4) is 0 Å². The highest BCUT2D eigenvalue weighted by Crippen LogP contribution is 2.32. The number of anilines is 1. The molecule has 0 saturated carbocycles. The number of thiophene rings is 1. The highest BCUT2D eigenvalue weighted by Gasteiger charge is 2.24. The zero-order valence-corrected chi connectivity index (χ0v) is 20.0. The Bertz CT molecular complexity index is 1540. The van der Waals surface area contributed by atoms with Gasteiger partial charge in [-0.2, -0.15) is 9.78 Å². The summed E-state index contributed by atoms with van der Waals surface area (Å²) in [7, 11) is 0. The number of carbonyl (C=O) groups excluding carboxylic acids is 2. The van der Waals surface area contributed by atoms with Crippen molar-refractivity contribution in [3.63, 3.8) is 0 Å². The standard InChI is InChI=1S/C23H17ClN4O6S/c1-3-34-23(31)19-16-11-35-21(25-20(29)15-10-14(28(32)33)8-9-17(15)24)18(16)22(30)27(26-19)13-6-4-12(2)5-7-13/h4-11H,3H2,1-2H3,(H,25,29). The van der Waals surface area contributed by atoms with E-state index in [1.807, 2.05) is 6.92 Å². The maximum atomic E-state index is 13.4. The number of aromatic nitrogens is 2. The van der Waals surface area contributed by atoms with Gasteiger partial charge in [-0.05, 0) is 32.0 Å². The lowest BCUT2D eigenvalue weighted by atomic mass is 10.1. The van der Waals surface area contributed by atoms with Gasteiger partial charge in [-0.3, -0.25) is 19.7 Å². The third-order valence-electron chi connectivity index (χ3n) is 5.03. The minimum absolute atomic E-state index is 0.0000858. The second-order valence-electron chi connectivity index (χ2n) is 7.35. The Kier molecular flexibility index (Phi) is 6.63. The molecule has 0 spiro atoms. The summed E-state index contributed by atoms with van der Waals surface area (Å²) >= 11 is 7.09. The molecule has 10 nitrogen and oxygen atoms in total. The fourth-order valence-corrected chi connectivity index (χ4v) is 4.46. The molecule has 1 amide bonds. The Morgan fingerprint density at radius 2 is 1.94 bits per heavy atom. The molecule has 178 valence electrons. The molecular formula is C23H17ClN4O6S. The van der Waals surface area contributed by atoms with Crippen molar-refractivity contribution in [2.75, 3.05) is 11.9 Å². The van der Waals surface area contributed by atoms with Crippen molar-refractivity contribution in [2.24, 2.45) is 0 Å². The molecule has 0 atom stereocenters. The number of rotatable bonds is 6. The van der Waals surface area contributed by atoms with Gasteiger partial charge in [0.05, 0.1) is 33.2 Å². The molecule has 0 radical (unpaired) electrons. The van der Waals surface area contributed by atoms with E-state index < -0.39 is 22.4 Å². The smallest absolute Gasteiger partial charge is 0.359 e.